The maximum atomic E-state index is 13.0. The van der Waals surface area contributed by atoms with E-state index in [-0.39, 0.29) is 11.7 Å². The molecule has 1 unspecified atom stereocenters. The molecule has 0 spiro atoms. The van der Waals surface area contributed by atoms with Gasteiger partial charge in [-0.15, -0.1) is 0 Å². The molecule has 1 saturated heterocycles. The van der Waals surface area contributed by atoms with E-state index in [1.54, 1.807) is 30.6 Å². The second-order valence-corrected chi connectivity index (χ2v) is 6.35. The lowest BCUT2D eigenvalue weighted by Gasteiger charge is -2.34. The van der Waals surface area contributed by atoms with Gasteiger partial charge in [0.2, 0.25) is 5.95 Å². The fourth-order valence-corrected chi connectivity index (χ4v) is 2.99. The van der Waals surface area contributed by atoms with Crippen LogP contribution in [0.15, 0.2) is 42.7 Å². The summed E-state index contributed by atoms with van der Waals surface area (Å²) < 4.78 is 13.0. The SMILES string of the molecule is C[NH+](CC(=O)N1CCN(c2ncccn2)CC1)Cc1ccc(F)cc1. The molecule has 0 radical (unpaired) electrons. The molecule has 0 saturated carbocycles. The van der Waals surface area contributed by atoms with E-state index in [1.807, 2.05) is 11.9 Å². The molecule has 1 aromatic carbocycles. The molecule has 1 fully saturated rings. The highest BCUT2D eigenvalue weighted by molar-refractivity contribution is 5.77. The Morgan fingerprint density at radius 1 is 1.12 bits per heavy atom. The van der Waals surface area contributed by atoms with Crippen molar-refractivity contribution in [1.82, 2.24) is 14.9 Å². The summed E-state index contributed by atoms with van der Waals surface area (Å²) in [5.41, 5.74) is 1.03. The van der Waals surface area contributed by atoms with Gasteiger partial charge in [0.15, 0.2) is 6.54 Å². The van der Waals surface area contributed by atoms with Crippen molar-refractivity contribution in [2.24, 2.45) is 0 Å². The number of piperazine rings is 1. The summed E-state index contributed by atoms with van der Waals surface area (Å²) in [6, 6.07) is 8.23. The zero-order valence-electron chi connectivity index (χ0n) is 14.4. The van der Waals surface area contributed by atoms with Gasteiger partial charge in [-0.25, -0.2) is 14.4 Å². The summed E-state index contributed by atoms with van der Waals surface area (Å²) in [5.74, 6) is 0.625. The number of rotatable bonds is 5. The highest BCUT2D eigenvalue weighted by Gasteiger charge is 2.24. The molecule has 0 bridgehead atoms. The Labute approximate surface area is 146 Å². The minimum Gasteiger partial charge on any atom is -0.337 e. The Kier molecular flexibility index (Phi) is 5.55. The quantitative estimate of drug-likeness (QED) is 0.828. The first-order valence-corrected chi connectivity index (χ1v) is 8.47. The number of anilines is 1. The Morgan fingerprint density at radius 3 is 2.40 bits per heavy atom. The molecule has 2 aromatic rings. The number of hydrogen-bond acceptors (Lipinski definition) is 4. The Hall–Kier alpha value is -2.54. The lowest BCUT2D eigenvalue weighted by molar-refractivity contribution is -0.885. The Balaban J connectivity index is 1.46. The number of hydrogen-bond donors (Lipinski definition) is 1. The average molecular weight is 344 g/mol. The maximum absolute atomic E-state index is 13.0. The van der Waals surface area contributed by atoms with Gasteiger partial charge in [-0.3, -0.25) is 4.79 Å². The van der Waals surface area contributed by atoms with Gasteiger partial charge in [0.05, 0.1) is 7.05 Å². The van der Waals surface area contributed by atoms with Crippen LogP contribution in [0.2, 0.25) is 0 Å². The molecular formula is C18H23FN5O+. The predicted molar refractivity (Wildman–Crippen MR) is 92.7 cm³/mol. The molecule has 1 aromatic heterocycles. The lowest BCUT2D eigenvalue weighted by Crippen LogP contribution is -3.09. The zero-order valence-corrected chi connectivity index (χ0v) is 14.4. The molecule has 1 N–H and O–H groups in total. The number of likely N-dealkylation sites (N-methyl/N-ethyl adjacent to an activating group) is 1. The lowest BCUT2D eigenvalue weighted by atomic mass is 10.2. The molecule has 2 heterocycles. The molecule has 1 atom stereocenters. The number of halogens is 1. The van der Waals surface area contributed by atoms with Crippen molar-refractivity contribution in [2.45, 2.75) is 6.54 Å². The molecular weight excluding hydrogens is 321 g/mol. The fraction of sp³-hybridized carbons (Fsp3) is 0.389. The van der Waals surface area contributed by atoms with E-state index >= 15 is 0 Å². The first kappa shape index (κ1) is 17.3. The standard InChI is InChI=1S/C18H22FN5O/c1-22(13-15-3-5-16(19)6-4-15)14-17(25)23-9-11-24(12-10-23)18-20-7-2-8-21-18/h2-8H,9-14H2,1H3/p+1. The minimum absolute atomic E-state index is 0.147. The average Bonchev–Trinajstić information content (AvgIpc) is 2.64. The second-order valence-electron chi connectivity index (χ2n) is 6.35. The first-order valence-electron chi connectivity index (χ1n) is 8.47. The number of benzene rings is 1. The summed E-state index contributed by atoms with van der Waals surface area (Å²) in [6.45, 7) is 3.98. The minimum atomic E-state index is -0.238. The summed E-state index contributed by atoms with van der Waals surface area (Å²) in [7, 11) is 1.98. The smallest absolute Gasteiger partial charge is 0.277 e. The first-order chi connectivity index (χ1) is 12.1. The molecule has 1 aliphatic rings. The monoisotopic (exact) mass is 344 g/mol. The van der Waals surface area contributed by atoms with Gasteiger partial charge in [0.25, 0.3) is 5.91 Å². The highest BCUT2D eigenvalue weighted by atomic mass is 19.1. The molecule has 132 valence electrons. The maximum Gasteiger partial charge on any atom is 0.277 e. The van der Waals surface area contributed by atoms with Crippen molar-refractivity contribution in [1.29, 1.82) is 0 Å². The summed E-state index contributed by atoms with van der Waals surface area (Å²) in [4.78, 5) is 26.1. The molecule has 7 heteroatoms. The van der Waals surface area contributed by atoms with E-state index in [4.69, 9.17) is 0 Å². The van der Waals surface area contributed by atoms with Gasteiger partial charge >= 0.3 is 0 Å². The summed E-state index contributed by atoms with van der Waals surface area (Å²) in [5, 5.41) is 0. The predicted octanol–water partition coefficient (Wildman–Crippen LogP) is -0.0208. The van der Waals surface area contributed by atoms with Crippen LogP contribution in [0.3, 0.4) is 0 Å². The van der Waals surface area contributed by atoms with E-state index in [0.717, 1.165) is 23.6 Å². The number of carbonyl (C=O) groups is 1. The van der Waals surface area contributed by atoms with Crippen LogP contribution in [-0.4, -0.2) is 60.5 Å². The molecule has 1 aliphatic heterocycles. The van der Waals surface area contributed by atoms with Crippen LogP contribution in [0.4, 0.5) is 10.3 Å². The molecule has 3 rings (SSSR count). The second kappa shape index (κ2) is 8.02. The van der Waals surface area contributed by atoms with Crippen molar-refractivity contribution < 1.29 is 14.1 Å². The van der Waals surface area contributed by atoms with Crippen molar-refractivity contribution in [3.05, 3.63) is 54.1 Å². The van der Waals surface area contributed by atoms with Gasteiger partial charge in [0, 0.05) is 44.1 Å². The van der Waals surface area contributed by atoms with Crippen molar-refractivity contribution in [2.75, 3.05) is 44.7 Å². The third-order valence-corrected chi connectivity index (χ3v) is 4.34. The van der Waals surface area contributed by atoms with Crippen molar-refractivity contribution in [3.63, 3.8) is 0 Å². The number of carbonyl (C=O) groups excluding carboxylic acids is 1. The van der Waals surface area contributed by atoms with E-state index in [2.05, 4.69) is 14.9 Å². The molecule has 6 nitrogen and oxygen atoms in total. The van der Waals surface area contributed by atoms with Crippen LogP contribution < -0.4 is 9.80 Å². The van der Waals surface area contributed by atoms with Gasteiger partial charge in [-0.2, -0.15) is 0 Å². The van der Waals surface area contributed by atoms with Crippen LogP contribution >= 0.6 is 0 Å². The van der Waals surface area contributed by atoms with Crippen LogP contribution in [0.25, 0.3) is 0 Å². The number of nitrogens with zero attached hydrogens (tertiary/aromatic N) is 4. The van der Waals surface area contributed by atoms with Crippen LogP contribution in [0, 0.1) is 5.82 Å². The number of nitrogens with one attached hydrogen (secondary N) is 1. The number of quaternary nitrogens is 1. The number of aromatic nitrogens is 2. The third-order valence-electron chi connectivity index (χ3n) is 4.34. The van der Waals surface area contributed by atoms with Gasteiger partial charge in [-0.1, -0.05) is 12.1 Å². The summed E-state index contributed by atoms with van der Waals surface area (Å²) >= 11 is 0. The van der Waals surface area contributed by atoms with Gasteiger partial charge < -0.3 is 14.7 Å². The Bertz CT molecular complexity index is 686. The van der Waals surface area contributed by atoms with Gasteiger partial charge in [-0.05, 0) is 18.2 Å². The van der Waals surface area contributed by atoms with E-state index in [0.29, 0.717) is 32.1 Å². The van der Waals surface area contributed by atoms with E-state index in [1.165, 1.54) is 12.1 Å². The van der Waals surface area contributed by atoms with Crippen LogP contribution in [-0.2, 0) is 11.3 Å². The molecule has 1 amide bonds. The van der Waals surface area contributed by atoms with E-state index in [9.17, 15) is 9.18 Å². The molecule has 25 heavy (non-hydrogen) atoms. The van der Waals surface area contributed by atoms with Crippen molar-refractivity contribution in [3.8, 4) is 0 Å². The number of amides is 1. The van der Waals surface area contributed by atoms with Gasteiger partial charge in [0.1, 0.15) is 12.4 Å². The Morgan fingerprint density at radius 2 is 1.76 bits per heavy atom. The highest BCUT2D eigenvalue weighted by Crippen LogP contribution is 2.09. The van der Waals surface area contributed by atoms with Crippen LogP contribution in [0.1, 0.15) is 5.56 Å². The normalized spacial score (nSPS) is 15.9. The van der Waals surface area contributed by atoms with E-state index < -0.39 is 0 Å². The topological polar surface area (TPSA) is 53.8 Å². The third kappa shape index (κ3) is 4.73. The largest absolute Gasteiger partial charge is 0.337 e. The zero-order chi connectivity index (χ0) is 17.6. The fourth-order valence-electron chi connectivity index (χ4n) is 2.99. The molecule has 0 aliphatic carbocycles. The van der Waals surface area contributed by atoms with Crippen molar-refractivity contribution >= 4 is 11.9 Å². The van der Waals surface area contributed by atoms with Crippen LogP contribution in [0.5, 0.6) is 0 Å². The summed E-state index contributed by atoms with van der Waals surface area (Å²) in [6.07, 6.45) is 3.46.